The molecule has 8 rings (SSSR count). The summed E-state index contributed by atoms with van der Waals surface area (Å²) in [7, 11) is 0. The standard InChI is InChI=1S/C41H28N2S/c1-3-8-29(9-4-1)31-13-15-32(16-14-31)34-19-23-36(24-20-34)43(35-21-17-33(18-22-35)30-10-5-2-6-11-30)37-25-26-38-39-12-7-27-42-41(39)44-40(38)28-37/h1-28H. The van der Waals surface area contributed by atoms with Crippen LogP contribution < -0.4 is 4.90 Å². The Balaban J connectivity index is 1.18. The monoisotopic (exact) mass is 580 g/mol. The average Bonchev–Trinajstić information content (AvgIpc) is 3.48. The van der Waals surface area contributed by atoms with E-state index in [1.165, 1.54) is 48.9 Å². The van der Waals surface area contributed by atoms with Crippen LogP contribution in [0.25, 0.3) is 53.7 Å². The summed E-state index contributed by atoms with van der Waals surface area (Å²) in [4.78, 5) is 8.03. The molecule has 0 aliphatic rings. The molecule has 2 heterocycles. The predicted molar refractivity (Wildman–Crippen MR) is 188 cm³/mol. The van der Waals surface area contributed by atoms with Crippen LogP contribution in [0.15, 0.2) is 170 Å². The van der Waals surface area contributed by atoms with E-state index < -0.39 is 0 Å². The minimum absolute atomic E-state index is 1.07. The molecule has 0 fully saturated rings. The molecule has 0 saturated carbocycles. The number of anilines is 3. The van der Waals surface area contributed by atoms with Gasteiger partial charge < -0.3 is 4.90 Å². The van der Waals surface area contributed by atoms with Gasteiger partial charge in [0.15, 0.2) is 0 Å². The summed E-state index contributed by atoms with van der Waals surface area (Å²) in [5, 5.41) is 2.45. The van der Waals surface area contributed by atoms with Crippen molar-refractivity contribution in [2.45, 2.75) is 0 Å². The zero-order valence-electron chi connectivity index (χ0n) is 24.0. The van der Waals surface area contributed by atoms with Crippen LogP contribution in [0.3, 0.4) is 0 Å². The van der Waals surface area contributed by atoms with Gasteiger partial charge in [-0.3, -0.25) is 0 Å². The van der Waals surface area contributed by atoms with E-state index in [0.29, 0.717) is 0 Å². The molecule has 0 radical (unpaired) electrons. The Bertz CT molecular complexity index is 2180. The van der Waals surface area contributed by atoms with Gasteiger partial charge in [-0.25, -0.2) is 4.98 Å². The third-order valence-corrected chi connectivity index (χ3v) is 9.25. The smallest absolute Gasteiger partial charge is 0.124 e. The van der Waals surface area contributed by atoms with Gasteiger partial charge in [-0.1, -0.05) is 115 Å². The molecule has 8 aromatic rings. The van der Waals surface area contributed by atoms with Crippen LogP contribution in [0.5, 0.6) is 0 Å². The molecule has 6 aromatic carbocycles. The van der Waals surface area contributed by atoms with Crippen molar-refractivity contribution in [1.82, 2.24) is 4.98 Å². The van der Waals surface area contributed by atoms with Crippen molar-refractivity contribution in [3.63, 3.8) is 0 Å². The molecule has 0 N–H and O–H groups in total. The third-order valence-electron chi connectivity index (χ3n) is 8.17. The van der Waals surface area contributed by atoms with Crippen molar-refractivity contribution in [3.05, 3.63) is 170 Å². The van der Waals surface area contributed by atoms with Gasteiger partial charge >= 0.3 is 0 Å². The van der Waals surface area contributed by atoms with Crippen molar-refractivity contribution in [1.29, 1.82) is 0 Å². The predicted octanol–water partition coefficient (Wildman–Crippen LogP) is 11.9. The number of aromatic nitrogens is 1. The Hall–Kier alpha value is -5.51. The maximum Gasteiger partial charge on any atom is 0.124 e. The first-order valence-electron chi connectivity index (χ1n) is 14.8. The van der Waals surface area contributed by atoms with E-state index in [1.807, 2.05) is 12.3 Å². The number of thiophene rings is 1. The van der Waals surface area contributed by atoms with Gasteiger partial charge in [0.25, 0.3) is 0 Å². The number of nitrogens with zero attached hydrogens (tertiary/aromatic N) is 2. The van der Waals surface area contributed by atoms with Crippen molar-refractivity contribution < 1.29 is 0 Å². The van der Waals surface area contributed by atoms with Crippen molar-refractivity contribution in [2.75, 3.05) is 4.90 Å². The first kappa shape index (κ1) is 26.1. The molecule has 0 unspecified atom stereocenters. The number of hydrogen-bond donors (Lipinski definition) is 0. The zero-order valence-corrected chi connectivity index (χ0v) is 24.8. The SMILES string of the molecule is c1ccc(-c2ccc(-c3ccc(N(c4ccc(-c5ccccc5)cc4)c4ccc5c(c4)sc4ncccc45)cc3)cc2)cc1. The Morgan fingerprint density at radius 3 is 1.36 bits per heavy atom. The average molecular weight is 581 g/mol. The van der Waals surface area contributed by atoms with Crippen LogP contribution in [-0.4, -0.2) is 4.98 Å². The fraction of sp³-hybridized carbons (Fsp3) is 0. The molecule has 0 bridgehead atoms. The van der Waals surface area contributed by atoms with Gasteiger partial charge in [0.2, 0.25) is 0 Å². The first-order valence-corrected chi connectivity index (χ1v) is 15.6. The van der Waals surface area contributed by atoms with E-state index in [-0.39, 0.29) is 0 Å². The largest absolute Gasteiger partial charge is 0.310 e. The summed E-state index contributed by atoms with van der Waals surface area (Å²) in [6, 6.07) is 58.6. The Labute approximate surface area is 261 Å². The van der Waals surface area contributed by atoms with Crippen molar-refractivity contribution >= 4 is 48.7 Å². The highest BCUT2D eigenvalue weighted by Gasteiger charge is 2.15. The Morgan fingerprint density at radius 2 is 0.841 bits per heavy atom. The Morgan fingerprint density at radius 1 is 0.386 bits per heavy atom. The molecular weight excluding hydrogens is 553 g/mol. The van der Waals surface area contributed by atoms with Gasteiger partial charge in [-0.2, -0.15) is 0 Å². The van der Waals surface area contributed by atoms with E-state index in [2.05, 4.69) is 168 Å². The normalized spacial score (nSPS) is 11.2. The zero-order chi connectivity index (χ0) is 29.3. The van der Waals surface area contributed by atoms with Crippen LogP contribution >= 0.6 is 11.3 Å². The van der Waals surface area contributed by atoms with Crippen LogP contribution in [0.2, 0.25) is 0 Å². The molecule has 2 aromatic heterocycles. The number of benzene rings is 6. The topological polar surface area (TPSA) is 16.1 Å². The summed E-state index contributed by atoms with van der Waals surface area (Å²) in [5.74, 6) is 0. The Kier molecular flexibility index (Phi) is 6.71. The molecule has 0 aliphatic carbocycles. The lowest BCUT2D eigenvalue weighted by molar-refractivity contribution is 1.29. The van der Waals surface area contributed by atoms with Gasteiger partial charge in [-0.05, 0) is 81.9 Å². The number of pyridine rings is 1. The van der Waals surface area contributed by atoms with E-state index in [1.54, 1.807) is 11.3 Å². The van der Waals surface area contributed by atoms with E-state index in [4.69, 9.17) is 0 Å². The molecule has 0 atom stereocenters. The van der Waals surface area contributed by atoms with Gasteiger partial charge in [0.05, 0.1) is 0 Å². The van der Waals surface area contributed by atoms with Gasteiger partial charge in [-0.15, -0.1) is 11.3 Å². The van der Waals surface area contributed by atoms with E-state index in [9.17, 15) is 0 Å². The van der Waals surface area contributed by atoms with Crippen LogP contribution in [0.4, 0.5) is 17.1 Å². The lowest BCUT2D eigenvalue weighted by atomic mass is 10.00. The molecule has 44 heavy (non-hydrogen) atoms. The van der Waals surface area contributed by atoms with Gasteiger partial charge in [0.1, 0.15) is 4.83 Å². The highest BCUT2D eigenvalue weighted by Crippen LogP contribution is 2.41. The fourth-order valence-electron chi connectivity index (χ4n) is 5.91. The highest BCUT2D eigenvalue weighted by atomic mass is 32.1. The third kappa shape index (κ3) is 4.94. The second kappa shape index (κ2) is 11.3. The molecule has 2 nitrogen and oxygen atoms in total. The first-order chi connectivity index (χ1) is 21.8. The van der Waals surface area contributed by atoms with Crippen molar-refractivity contribution in [3.8, 4) is 33.4 Å². The second-order valence-corrected chi connectivity index (χ2v) is 11.9. The molecule has 0 spiro atoms. The summed E-state index contributed by atoms with van der Waals surface area (Å²) < 4.78 is 1.23. The minimum atomic E-state index is 1.07. The fourth-order valence-corrected chi connectivity index (χ4v) is 6.99. The maximum atomic E-state index is 4.61. The second-order valence-electron chi connectivity index (χ2n) is 10.9. The van der Waals surface area contributed by atoms with Crippen LogP contribution in [0, 0.1) is 0 Å². The van der Waals surface area contributed by atoms with Crippen LogP contribution in [0.1, 0.15) is 0 Å². The number of rotatable bonds is 6. The number of hydrogen-bond acceptors (Lipinski definition) is 3. The summed E-state index contributed by atoms with van der Waals surface area (Å²) in [6.45, 7) is 0. The maximum absolute atomic E-state index is 4.61. The molecular formula is C41H28N2S. The molecule has 3 heteroatoms. The number of fused-ring (bicyclic) bond motifs is 3. The summed E-state index contributed by atoms with van der Waals surface area (Å²) in [5.41, 5.74) is 10.6. The van der Waals surface area contributed by atoms with Gasteiger partial charge in [0, 0.05) is 38.7 Å². The summed E-state index contributed by atoms with van der Waals surface area (Å²) in [6.07, 6.45) is 1.87. The summed E-state index contributed by atoms with van der Waals surface area (Å²) >= 11 is 1.74. The molecule has 0 amide bonds. The van der Waals surface area contributed by atoms with E-state index in [0.717, 1.165) is 21.9 Å². The molecule has 0 saturated heterocycles. The lowest BCUT2D eigenvalue weighted by Gasteiger charge is -2.26. The van der Waals surface area contributed by atoms with E-state index >= 15 is 0 Å². The quantitative estimate of drug-likeness (QED) is 0.194. The van der Waals surface area contributed by atoms with Crippen molar-refractivity contribution in [2.24, 2.45) is 0 Å². The molecule has 0 aliphatic heterocycles. The highest BCUT2D eigenvalue weighted by molar-refractivity contribution is 7.25. The van der Waals surface area contributed by atoms with Crippen LogP contribution in [-0.2, 0) is 0 Å². The lowest BCUT2D eigenvalue weighted by Crippen LogP contribution is -2.09. The molecule has 208 valence electrons. The minimum Gasteiger partial charge on any atom is -0.310 e.